The molecule has 0 aliphatic heterocycles. The third-order valence-corrected chi connectivity index (χ3v) is 2.64. The highest BCUT2D eigenvalue weighted by molar-refractivity contribution is 7.80. The molecule has 2 rings (SSSR count). The summed E-state index contributed by atoms with van der Waals surface area (Å²) in [5.41, 5.74) is 7.98. The second-order valence-corrected chi connectivity index (χ2v) is 4.14. The zero-order valence-corrected chi connectivity index (χ0v) is 10.5. The second kappa shape index (κ2) is 4.97. The highest BCUT2D eigenvalue weighted by atomic mass is 32.1. The molecule has 2 aromatic rings. The van der Waals surface area contributed by atoms with E-state index in [2.05, 4.69) is 15.0 Å². The minimum atomic E-state index is -0.369. The van der Waals surface area contributed by atoms with E-state index in [0.717, 1.165) is 5.56 Å². The first kappa shape index (κ1) is 12.3. The van der Waals surface area contributed by atoms with Crippen LogP contribution in [0.3, 0.4) is 0 Å². The molecule has 3 N–H and O–H groups in total. The Morgan fingerprint density at radius 3 is 2.83 bits per heavy atom. The fourth-order valence-corrected chi connectivity index (χ4v) is 1.89. The molecule has 0 aliphatic rings. The number of carbonyl (C=O) groups is 1. The first-order valence-corrected chi connectivity index (χ1v) is 5.61. The predicted molar refractivity (Wildman–Crippen MR) is 71.5 cm³/mol. The van der Waals surface area contributed by atoms with E-state index in [0.29, 0.717) is 11.3 Å². The van der Waals surface area contributed by atoms with Gasteiger partial charge in [-0.15, -0.1) is 0 Å². The second-order valence-electron chi connectivity index (χ2n) is 3.70. The number of hydrogen-bond acceptors (Lipinski definition) is 4. The number of aryl methyl sites for hydroxylation is 1. The molecule has 0 fully saturated rings. The number of aromatic nitrogens is 1. The molecule has 0 spiro atoms. The number of thiocarbonyl (C=S) groups is 1. The van der Waals surface area contributed by atoms with Crippen molar-refractivity contribution in [1.82, 2.24) is 5.16 Å². The van der Waals surface area contributed by atoms with Crippen molar-refractivity contribution >= 4 is 28.8 Å². The molecule has 0 saturated heterocycles. The van der Waals surface area contributed by atoms with Gasteiger partial charge in [0.25, 0.3) is 5.91 Å². The highest BCUT2D eigenvalue weighted by Gasteiger charge is 2.14. The lowest BCUT2D eigenvalue weighted by atomic mass is 10.1. The number of carbonyl (C=O) groups excluding carboxylic acids is 1. The summed E-state index contributed by atoms with van der Waals surface area (Å²) >= 11 is 4.98. The number of nitrogens with one attached hydrogen (secondary N) is 1. The summed E-state index contributed by atoms with van der Waals surface area (Å²) in [6.07, 6.45) is 1.33. The number of nitrogens with zero attached hydrogens (tertiary/aromatic N) is 1. The van der Waals surface area contributed by atoms with Crippen LogP contribution in [-0.2, 0) is 0 Å². The molecule has 92 valence electrons. The van der Waals surface area contributed by atoms with Gasteiger partial charge in [0.15, 0.2) is 5.69 Å². The van der Waals surface area contributed by atoms with E-state index in [1.54, 1.807) is 6.07 Å². The van der Waals surface area contributed by atoms with Crippen LogP contribution in [0.4, 0.5) is 5.69 Å². The molecule has 6 heteroatoms. The van der Waals surface area contributed by atoms with Crippen LogP contribution in [0.15, 0.2) is 35.1 Å². The van der Waals surface area contributed by atoms with Crippen molar-refractivity contribution < 1.29 is 9.32 Å². The maximum Gasteiger partial charge on any atom is 0.277 e. The predicted octanol–water partition coefficient (Wildman–Crippen LogP) is 1.87. The van der Waals surface area contributed by atoms with Crippen LogP contribution in [0.1, 0.15) is 21.6 Å². The van der Waals surface area contributed by atoms with Gasteiger partial charge in [-0.2, -0.15) is 0 Å². The van der Waals surface area contributed by atoms with Crippen molar-refractivity contribution in [2.24, 2.45) is 5.73 Å². The molecule has 0 bridgehead atoms. The topological polar surface area (TPSA) is 81.2 Å². The molecule has 0 unspecified atom stereocenters. The van der Waals surface area contributed by atoms with Crippen LogP contribution in [0.5, 0.6) is 0 Å². The first-order valence-electron chi connectivity index (χ1n) is 5.20. The Hall–Kier alpha value is -2.21. The third kappa shape index (κ3) is 2.38. The maximum absolute atomic E-state index is 11.8. The Bertz CT molecular complexity index is 593. The molecule has 1 aromatic heterocycles. The summed E-state index contributed by atoms with van der Waals surface area (Å²) in [6, 6.07) is 6.90. The van der Waals surface area contributed by atoms with Crippen molar-refractivity contribution in [1.29, 1.82) is 0 Å². The molecule has 0 aliphatic carbocycles. The lowest BCUT2D eigenvalue weighted by molar-refractivity contribution is 0.101. The Morgan fingerprint density at radius 1 is 1.44 bits per heavy atom. The molecule has 5 nitrogen and oxygen atoms in total. The van der Waals surface area contributed by atoms with Gasteiger partial charge < -0.3 is 15.6 Å². The molecule has 1 amide bonds. The monoisotopic (exact) mass is 261 g/mol. The minimum absolute atomic E-state index is 0.199. The zero-order valence-electron chi connectivity index (χ0n) is 9.64. The van der Waals surface area contributed by atoms with Crippen LogP contribution in [0.2, 0.25) is 0 Å². The lowest BCUT2D eigenvalue weighted by Gasteiger charge is -2.11. The van der Waals surface area contributed by atoms with E-state index < -0.39 is 0 Å². The smallest absolute Gasteiger partial charge is 0.277 e. The SMILES string of the molecule is Cc1cccc(NC(=O)c2ccon2)c1C(N)=S. The normalized spacial score (nSPS) is 10.1. The number of rotatable bonds is 3. The molecule has 18 heavy (non-hydrogen) atoms. The largest absolute Gasteiger partial charge is 0.389 e. The van der Waals surface area contributed by atoms with Gasteiger partial charge in [-0.3, -0.25) is 4.79 Å². The van der Waals surface area contributed by atoms with Crippen molar-refractivity contribution in [3.8, 4) is 0 Å². The molecular weight excluding hydrogens is 250 g/mol. The summed E-state index contributed by atoms with van der Waals surface area (Å²) < 4.78 is 4.61. The van der Waals surface area contributed by atoms with E-state index in [9.17, 15) is 4.79 Å². The van der Waals surface area contributed by atoms with Gasteiger partial charge in [0, 0.05) is 11.6 Å². The summed E-state index contributed by atoms with van der Waals surface area (Å²) in [7, 11) is 0. The van der Waals surface area contributed by atoms with E-state index in [1.165, 1.54) is 12.3 Å². The van der Waals surface area contributed by atoms with Gasteiger partial charge in [-0.25, -0.2) is 0 Å². The Morgan fingerprint density at radius 2 is 2.22 bits per heavy atom. The molecule has 0 radical (unpaired) electrons. The fourth-order valence-electron chi connectivity index (χ4n) is 1.61. The van der Waals surface area contributed by atoms with E-state index in [1.807, 2.05) is 19.1 Å². The summed E-state index contributed by atoms with van der Waals surface area (Å²) in [5.74, 6) is -0.369. The minimum Gasteiger partial charge on any atom is -0.389 e. The highest BCUT2D eigenvalue weighted by Crippen LogP contribution is 2.20. The zero-order chi connectivity index (χ0) is 13.1. The first-order chi connectivity index (χ1) is 8.59. The van der Waals surface area contributed by atoms with Crippen LogP contribution in [0.25, 0.3) is 0 Å². The van der Waals surface area contributed by atoms with E-state index in [4.69, 9.17) is 18.0 Å². The Kier molecular flexibility index (Phi) is 3.38. The molecule has 1 heterocycles. The quantitative estimate of drug-likeness (QED) is 0.824. The Balaban J connectivity index is 2.32. The number of anilines is 1. The summed E-state index contributed by atoms with van der Waals surface area (Å²) in [5, 5.41) is 6.26. The van der Waals surface area contributed by atoms with Gasteiger partial charge >= 0.3 is 0 Å². The van der Waals surface area contributed by atoms with Crippen molar-refractivity contribution in [2.75, 3.05) is 5.32 Å². The van der Waals surface area contributed by atoms with Gasteiger partial charge in [0.1, 0.15) is 11.3 Å². The van der Waals surface area contributed by atoms with Crippen LogP contribution in [-0.4, -0.2) is 16.1 Å². The standard InChI is InChI=1S/C12H11N3O2S/c1-7-3-2-4-8(10(7)11(13)18)14-12(16)9-5-6-17-15-9/h2-6H,1H3,(H2,13,18)(H,14,16). The van der Waals surface area contributed by atoms with Gasteiger partial charge in [0.05, 0.1) is 5.69 Å². The van der Waals surface area contributed by atoms with Crippen molar-refractivity contribution in [3.63, 3.8) is 0 Å². The summed E-state index contributed by atoms with van der Waals surface area (Å²) in [6.45, 7) is 1.88. The average molecular weight is 261 g/mol. The maximum atomic E-state index is 11.8. The molecular formula is C12H11N3O2S. The fraction of sp³-hybridized carbons (Fsp3) is 0.0833. The number of nitrogens with two attached hydrogens (primary N) is 1. The van der Waals surface area contributed by atoms with E-state index >= 15 is 0 Å². The van der Waals surface area contributed by atoms with E-state index in [-0.39, 0.29) is 16.6 Å². The molecule has 0 atom stereocenters. The van der Waals surface area contributed by atoms with Crippen molar-refractivity contribution in [2.45, 2.75) is 6.92 Å². The van der Waals surface area contributed by atoms with Gasteiger partial charge in [-0.05, 0) is 18.6 Å². The Labute approximate surface area is 109 Å². The van der Waals surface area contributed by atoms with Crippen LogP contribution >= 0.6 is 12.2 Å². The van der Waals surface area contributed by atoms with Crippen LogP contribution < -0.4 is 11.1 Å². The number of amides is 1. The van der Waals surface area contributed by atoms with Crippen molar-refractivity contribution in [3.05, 3.63) is 47.3 Å². The van der Waals surface area contributed by atoms with Gasteiger partial charge in [-0.1, -0.05) is 29.5 Å². The number of hydrogen-bond donors (Lipinski definition) is 2. The number of benzene rings is 1. The lowest BCUT2D eigenvalue weighted by Crippen LogP contribution is -2.18. The van der Waals surface area contributed by atoms with Gasteiger partial charge in [0.2, 0.25) is 0 Å². The summed E-state index contributed by atoms with van der Waals surface area (Å²) in [4.78, 5) is 12.1. The third-order valence-electron chi connectivity index (χ3n) is 2.44. The van der Waals surface area contributed by atoms with Crippen LogP contribution in [0, 0.1) is 6.92 Å². The average Bonchev–Trinajstić information content (AvgIpc) is 2.81. The molecule has 0 saturated carbocycles. The molecule has 1 aromatic carbocycles.